The second-order valence-corrected chi connectivity index (χ2v) is 6.60. The minimum atomic E-state index is -0.698. The first-order valence-corrected chi connectivity index (χ1v) is 8.95. The zero-order chi connectivity index (χ0) is 19.5. The van der Waals surface area contributed by atoms with Crippen molar-refractivity contribution >= 4 is 17.5 Å². The molecule has 10 nitrogen and oxygen atoms in total. The molecule has 0 radical (unpaired) electrons. The molecule has 1 aliphatic rings. The molecular formula is C18H19N7O3. The highest BCUT2D eigenvalue weighted by atomic mass is 16.5. The number of pyridine rings is 1. The second-order valence-electron chi connectivity index (χ2n) is 6.60. The van der Waals surface area contributed by atoms with Gasteiger partial charge in [0.25, 0.3) is 0 Å². The SMILES string of the molecule is Cc1noc(C2CCCN(C(=O)C(=O)Nc3cnn(-c4ccncc4)c3)C2)n1. The first-order valence-electron chi connectivity index (χ1n) is 8.95. The number of piperidine rings is 1. The van der Waals surface area contributed by atoms with E-state index in [1.807, 2.05) is 0 Å². The lowest BCUT2D eigenvalue weighted by molar-refractivity contribution is -0.144. The number of rotatable bonds is 3. The maximum atomic E-state index is 12.6. The molecule has 1 saturated heterocycles. The van der Waals surface area contributed by atoms with Crippen molar-refractivity contribution in [1.82, 2.24) is 29.8 Å². The molecule has 1 N–H and O–H groups in total. The number of anilines is 1. The van der Waals surface area contributed by atoms with Gasteiger partial charge in [0.05, 0.1) is 29.7 Å². The van der Waals surface area contributed by atoms with Gasteiger partial charge >= 0.3 is 11.8 Å². The summed E-state index contributed by atoms with van der Waals surface area (Å²) in [6.45, 7) is 2.65. The van der Waals surface area contributed by atoms with Crippen molar-refractivity contribution in [3.63, 3.8) is 0 Å². The van der Waals surface area contributed by atoms with Crippen LogP contribution in [0.1, 0.15) is 30.5 Å². The van der Waals surface area contributed by atoms with Crippen LogP contribution in [0, 0.1) is 6.92 Å². The van der Waals surface area contributed by atoms with E-state index in [1.165, 1.54) is 11.1 Å². The number of hydrogen-bond acceptors (Lipinski definition) is 7. The predicted octanol–water partition coefficient (Wildman–Crippen LogP) is 1.30. The normalized spacial score (nSPS) is 16.8. The lowest BCUT2D eigenvalue weighted by Gasteiger charge is -2.30. The van der Waals surface area contributed by atoms with E-state index in [4.69, 9.17) is 4.52 Å². The Morgan fingerprint density at radius 1 is 1.29 bits per heavy atom. The fraction of sp³-hybridized carbons (Fsp3) is 0.333. The third-order valence-corrected chi connectivity index (χ3v) is 4.56. The maximum absolute atomic E-state index is 12.6. The second kappa shape index (κ2) is 7.59. The number of aromatic nitrogens is 5. The summed E-state index contributed by atoms with van der Waals surface area (Å²) in [7, 11) is 0. The quantitative estimate of drug-likeness (QED) is 0.679. The number of nitrogens with zero attached hydrogens (tertiary/aromatic N) is 6. The van der Waals surface area contributed by atoms with E-state index in [9.17, 15) is 9.59 Å². The molecule has 1 aliphatic heterocycles. The summed E-state index contributed by atoms with van der Waals surface area (Å²) in [4.78, 5) is 34.7. The molecule has 2 amide bonds. The number of amides is 2. The summed E-state index contributed by atoms with van der Waals surface area (Å²) in [5.74, 6) is -0.271. The third-order valence-electron chi connectivity index (χ3n) is 4.56. The average Bonchev–Trinajstić information content (AvgIpc) is 3.37. The smallest absolute Gasteiger partial charge is 0.313 e. The van der Waals surface area contributed by atoms with E-state index in [0.29, 0.717) is 30.5 Å². The van der Waals surface area contributed by atoms with Crippen LogP contribution >= 0.6 is 0 Å². The number of aryl methyl sites for hydroxylation is 1. The van der Waals surface area contributed by atoms with E-state index in [2.05, 4.69) is 25.5 Å². The molecule has 4 rings (SSSR count). The third kappa shape index (κ3) is 3.75. The van der Waals surface area contributed by atoms with Gasteiger partial charge in [-0.1, -0.05) is 5.16 Å². The van der Waals surface area contributed by atoms with Gasteiger partial charge in [0.1, 0.15) is 0 Å². The van der Waals surface area contributed by atoms with Gasteiger partial charge < -0.3 is 14.7 Å². The van der Waals surface area contributed by atoms with E-state index in [-0.39, 0.29) is 5.92 Å². The highest BCUT2D eigenvalue weighted by Crippen LogP contribution is 2.25. The Balaban J connectivity index is 1.39. The van der Waals surface area contributed by atoms with Crippen molar-refractivity contribution in [1.29, 1.82) is 0 Å². The van der Waals surface area contributed by atoms with Crippen LogP contribution in [0.4, 0.5) is 5.69 Å². The van der Waals surface area contributed by atoms with E-state index < -0.39 is 11.8 Å². The molecule has 28 heavy (non-hydrogen) atoms. The van der Waals surface area contributed by atoms with Crippen molar-refractivity contribution in [2.45, 2.75) is 25.7 Å². The Labute approximate surface area is 160 Å². The van der Waals surface area contributed by atoms with Crippen LogP contribution < -0.4 is 5.32 Å². The van der Waals surface area contributed by atoms with Crippen molar-refractivity contribution in [2.24, 2.45) is 0 Å². The van der Waals surface area contributed by atoms with Gasteiger partial charge in [0, 0.05) is 25.5 Å². The Morgan fingerprint density at radius 3 is 2.86 bits per heavy atom. The minimum absolute atomic E-state index is 0.0545. The van der Waals surface area contributed by atoms with Gasteiger partial charge in [0.15, 0.2) is 5.82 Å². The lowest BCUT2D eigenvalue weighted by Crippen LogP contribution is -2.44. The van der Waals surface area contributed by atoms with Crippen LogP contribution in [-0.2, 0) is 9.59 Å². The largest absolute Gasteiger partial charge is 0.339 e. The topological polar surface area (TPSA) is 119 Å². The molecule has 144 valence electrons. The van der Waals surface area contributed by atoms with Crippen LogP contribution in [0.5, 0.6) is 0 Å². The summed E-state index contributed by atoms with van der Waals surface area (Å²) >= 11 is 0. The van der Waals surface area contributed by atoms with Gasteiger partial charge in [-0.2, -0.15) is 10.1 Å². The van der Waals surface area contributed by atoms with Gasteiger partial charge in [-0.25, -0.2) is 4.68 Å². The molecule has 10 heteroatoms. The van der Waals surface area contributed by atoms with Crippen LogP contribution in [0.25, 0.3) is 5.69 Å². The van der Waals surface area contributed by atoms with E-state index in [1.54, 1.807) is 42.3 Å². The lowest BCUT2D eigenvalue weighted by atomic mass is 9.98. The molecule has 4 heterocycles. The summed E-state index contributed by atoms with van der Waals surface area (Å²) in [6, 6.07) is 3.58. The number of nitrogens with one attached hydrogen (secondary N) is 1. The number of hydrogen-bond donors (Lipinski definition) is 1. The molecule has 1 atom stereocenters. The first kappa shape index (κ1) is 17.8. The van der Waals surface area contributed by atoms with Crippen molar-refractivity contribution < 1.29 is 14.1 Å². The standard InChI is InChI=1S/C18H19N7O3/c1-12-21-17(28-23-12)13-3-2-8-24(10-13)18(27)16(26)22-14-9-20-25(11-14)15-4-6-19-7-5-15/h4-7,9,11,13H,2-3,8,10H2,1H3,(H,22,26). The molecule has 0 spiro atoms. The fourth-order valence-corrected chi connectivity index (χ4v) is 3.20. The van der Waals surface area contributed by atoms with Crippen LogP contribution in [-0.4, -0.2) is 54.7 Å². The summed E-state index contributed by atoms with van der Waals surface area (Å²) in [6.07, 6.45) is 8.04. The van der Waals surface area contributed by atoms with E-state index >= 15 is 0 Å². The van der Waals surface area contributed by atoms with Crippen molar-refractivity contribution in [3.05, 3.63) is 48.6 Å². The van der Waals surface area contributed by atoms with Crippen molar-refractivity contribution in [3.8, 4) is 5.69 Å². The number of likely N-dealkylation sites (tertiary alicyclic amines) is 1. The zero-order valence-corrected chi connectivity index (χ0v) is 15.3. The molecule has 3 aromatic rings. The van der Waals surface area contributed by atoms with Crippen LogP contribution in [0.2, 0.25) is 0 Å². The Kier molecular flexibility index (Phi) is 4.83. The number of carbonyl (C=O) groups is 2. The molecular weight excluding hydrogens is 362 g/mol. The molecule has 1 fully saturated rings. The molecule has 3 aromatic heterocycles. The maximum Gasteiger partial charge on any atom is 0.313 e. The van der Waals surface area contributed by atoms with E-state index in [0.717, 1.165) is 18.5 Å². The molecule has 0 aliphatic carbocycles. The molecule has 1 unspecified atom stereocenters. The van der Waals surface area contributed by atoms with Gasteiger partial charge in [-0.05, 0) is 31.9 Å². The fourth-order valence-electron chi connectivity index (χ4n) is 3.20. The summed E-state index contributed by atoms with van der Waals surface area (Å²) in [5.41, 5.74) is 1.24. The predicted molar refractivity (Wildman–Crippen MR) is 97.6 cm³/mol. The Bertz CT molecular complexity index is 982. The van der Waals surface area contributed by atoms with Crippen LogP contribution in [0.3, 0.4) is 0 Å². The molecule has 0 aromatic carbocycles. The molecule has 0 saturated carbocycles. The average molecular weight is 381 g/mol. The number of carbonyl (C=O) groups excluding carboxylic acids is 2. The Hall–Kier alpha value is -3.56. The van der Waals surface area contributed by atoms with Gasteiger partial charge in [-0.15, -0.1) is 0 Å². The monoisotopic (exact) mass is 381 g/mol. The minimum Gasteiger partial charge on any atom is -0.339 e. The Morgan fingerprint density at radius 2 is 2.11 bits per heavy atom. The van der Waals surface area contributed by atoms with Gasteiger partial charge in [0.2, 0.25) is 5.89 Å². The molecule has 0 bridgehead atoms. The zero-order valence-electron chi connectivity index (χ0n) is 15.3. The van der Waals surface area contributed by atoms with Crippen molar-refractivity contribution in [2.75, 3.05) is 18.4 Å². The highest BCUT2D eigenvalue weighted by molar-refractivity contribution is 6.39. The highest BCUT2D eigenvalue weighted by Gasteiger charge is 2.31. The van der Waals surface area contributed by atoms with Gasteiger partial charge in [-0.3, -0.25) is 14.6 Å². The summed E-state index contributed by atoms with van der Waals surface area (Å²) < 4.78 is 6.81. The first-order chi connectivity index (χ1) is 13.6. The summed E-state index contributed by atoms with van der Waals surface area (Å²) in [5, 5.41) is 10.6. The van der Waals surface area contributed by atoms with Crippen LogP contribution in [0.15, 0.2) is 41.4 Å².